The van der Waals surface area contributed by atoms with E-state index in [1.165, 1.54) is 18.2 Å². The molecule has 0 bridgehead atoms. The van der Waals surface area contributed by atoms with E-state index in [-0.39, 0.29) is 17.1 Å². The first kappa shape index (κ1) is 15.1. The Morgan fingerprint density at radius 2 is 2.05 bits per heavy atom. The molecule has 0 aromatic heterocycles. The van der Waals surface area contributed by atoms with E-state index in [4.69, 9.17) is 0 Å². The largest absolute Gasteiger partial charge is 0.317 e. The van der Waals surface area contributed by atoms with Crippen LogP contribution in [-0.2, 0) is 4.79 Å². The number of hydrogen-bond donors (Lipinski definition) is 2. The molecule has 1 aliphatic heterocycles. The highest BCUT2D eigenvalue weighted by atomic mass is 32.2. The molecule has 5 nitrogen and oxygen atoms in total. The molecule has 2 amide bonds. The smallest absolute Gasteiger partial charge is 0.283 e. The van der Waals surface area contributed by atoms with Gasteiger partial charge in [0.15, 0.2) is 0 Å². The Kier molecular flexibility index (Phi) is 4.47. The highest BCUT2D eigenvalue weighted by molar-refractivity contribution is 8.14. The Bertz CT molecular complexity index is 608. The first-order valence-electron chi connectivity index (χ1n) is 7.56. The molecule has 3 rings (SSSR count). The van der Waals surface area contributed by atoms with Gasteiger partial charge >= 0.3 is 0 Å². The van der Waals surface area contributed by atoms with Gasteiger partial charge < -0.3 is 5.32 Å². The van der Waals surface area contributed by atoms with Crippen LogP contribution in [0, 0.1) is 5.92 Å². The molecule has 1 aromatic rings. The van der Waals surface area contributed by atoms with Crippen molar-refractivity contribution >= 4 is 34.3 Å². The van der Waals surface area contributed by atoms with E-state index in [1.807, 2.05) is 31.2 Å². The van der Waals surface area contributed by atoms with Crippen LogP contribution in [0.4, 0.5) is 10.5 Å². The van der Waals surface area contributed by atoms with Crippen LogP contribution in [0.5, 0.6) is 0 Å². The number of amides is 2. The van der Waals surface area contributed by atoms with Gasteiger partial charge in [0.05, 0.1) is 5.71 Å². The molecule has 0 radical (unpaired) electrons. The number of benzene rings is 1. The Morgan fingerprint density at radius 3 is 2.64 bits per heavy atom. The molecule has 22 heavy (non-hydrogen) atoms. The van der Waals surface area contributed by atoms with Crippen molar-refractivity contribution in [1.29, 1.82) is 0 Å². The van der Waals surface area contributed by atoms with Crippen molar-refractivity contribution in [1.82, 2.24) is 5.43 Å². The van der Waals surface area contributed by atoms with Crippen LogP contribution in [0.1, 0.15) is 38.2 Å². The molecule has 1 atom stereocenters. The fourth-order valence-corrected chi connectivity index (χ4v) is 3.56. The van der Waals surface area contributed by atoms with Gasteiger partial charge in [0, 0.05) is 23.3 Å². The van der Waals surface area contributed by atoms with Crippen LogP contribution in [-0.4, -0.2) is 22.1 Å². The molecule has 6 heteroatoms. The van der Waals surface area contributed by atoms with E-state index in [2.05, 4.69) is 15.8 Å². The Morgan fingerprint density at radius 1 is 1.32 bits per heavy atom. The fourth-order valence-electron chi connectivity index (χ4n) is 2.51. The molecule has 1 aliphatic carbocycles. The lowest BCUT2D eigenvalue weighted by Gasteiger charge is -2.23. The summed E-state index contributed by atoms with van der Waals surface area (Å²) in [6.07, 6.45) is 3.97. The molecular weight excluding hydrogens is 298 g/mol. The monoisotopic (exact) mass is 317 g/mol. The third-order valence-electron chi connectivity index (χ3n) is 4.01. The zero-order valence-electron chi connectivity index (χ0n) is 12.5. The molecule has 1 saturated carbocycles. The number of rotatable bonds is 3. The van der Waals surface area contributed by atoms with Gasteiger partial charge in [0.2, 0.25) is 5.91 Å². The summed E-state index contributed by atoms with van der Waals surface area (Å²) in [7, 11) is 0. The predicted molar refractivity (Wildman–Crippen MR) is 89.2 cm³/mol. The van der Waals surface area contributed by atoms with Gasteiger partial charge in [-0.25, -0.2) is 5.43 Å². The number of anilines is 1. The standard InChI is InChI=1S/C16H19N3O2S/c1-10-9-14(20)18-19-15(10)11-5-7-12(8-6-11)17-16(21)22-13-3-2-4-13/h5-8,10,13H,2-4,9H2,1H3,(H,17,21)(H,18,20). The molecule has 0 saturated heterocycles. The van der Waals surface area contributed by atoms with Crippen LogP contribution in [0.3, 0.4) is 0 Å². The number of hydrazone groups is 1. The zero-order valence-corrected chi connectivity index (χ0v) is 13.3. The van der Waals surface area contributed by atoms with Crippen molar-refractivity contribution in [2.75, 3.05) is 5.32 Å². The lowest BCUT2D eigenvalue weighted by Crippen LogP contribution is -2.31. The average molecular weight is 317 g/mol. The number of carbonyl (C=O) groups excluding carboxylic acids is 2. The van der Waals surface area contributed by atoms with E-state index in [9.17, 15) is 9.59 Å². The average Bonchev–Trinajstić information content (AvgIpc) is 2.44. The minimum atomic E-state index is -0.0480. The number of hydrogen-bond acceptors (Lipinski definition) is 4. The summed E-state index contributed by atoms with van der Waals surface area (Å²) >= 11 is 1.39. The molecule has 1 fully saturated rings. The van der Waals surface area contributed by atoms with Crippen LogP contribution >= 0.6 is 11.8 Å². The summed E-state index contributed by atoms with van der Waals surface area (Å²) < 4.78 is 0. The van der Waals surface area contributed by atoms with E-state index >= 15 is 0 Å². The third-order valence-corrected chi connectivity index (χ3v) is 5.13. The number of nitrogens with one attached hydrogen (secondary N) is 2. The van der Waals surface area contributed by atoms with Gasteiger partial charge in [-0.2, -0.15) is 5.10 Å². The Hall–Kier alpha value is -1.82. The first-order chi connectivity index (χ1) is 10.6. The normalized spacial score (nSPS) is 21.6. The van der Waals surface area contributed by atoms with Gasteiger partial charge in [-0.3, -0.25) is 9.59 Å². The second kappa shape index (κ2) is 6.52. The minimum Gasteiger partial charge on any atom is -0.317 e. The topological polar surface area (TPSA) is 70.6 Å². The predicted octanol–water partition coefficient (Wildman–Crippen LogP) is 3.36. The molecule has 0 spiro atoms. The van der Waals surface area contributed by atoms with Crippen molar-refractivity contribution in [2.45, 2.75) is 37.9 Å². The van der Waals surface area contributed by atoms with E-state index in [1.54, 1.807) is 0 Å². The molecular formula is C16H19N3O2S. The van der Waals surface area contributed by atoms with Gasteiger partial charge in [0.1, 0.15) is 0 Å². The highest BCUT2D eigenvalue weighted by Crippen LogP contribution is 2.32. The molecule has 2 aliphatic rings. The first-order valence-corrected chi connectivity index (χ1v) is 8.44. The number of thioether (sulfide) groups is 1. The second-order valence-electron chi connectivity index (χ2n) is 5.80. The van der Waals surface area contributed by atoms with Crippen LogP contribution in [0.2, 0.25) is 0 Å². The van der Waals surface area contributed by atoms with E-state index < -0.39 is 0 Å². The lowest BCUT2D eigenvalue weighted by atomic mass is 9.94. The van der Waals surface area contributed by atoms with Gasteiger partial charge in [0.25, 0.3) is 5.24 Å². The summed E-state index contributed by atoms with van der Waals surface area (Å²) in [6, 6.07) is 7.60. The van der Waals surface area contributed by atoms with E-state index in [0.29, 0.717) is 11.7 Å². The van der Waals surface area contributed by atoms with Crippen LogP contribution < -0.4 is 10.7 Å². The molecule has 1 aromatic carbocycles. The van der Waals surface area contributed by atoms with Crippen molar-refractivity contribution in [2.24, 2.45) is 11.0 Å². The molecule has 2 N–H and O–H groups in total. The van der Waals surface area contributed by atoms with Crippen molar-refractivity contribution in [3.05, 3.63) is 29.8 Å². The molecule has 116 valence electrons. The van der Waals surface area contributed by atoms with Crippen molar-refractivity contribution in [3.8, 4) is 0 Å². The maximum absolute atomic E-state index is 11.9. The van der Waals surface area contributed by atoms with Gasteiger partial charge in [-0.05, 0) is 30.5 Å². The van der Waals surface area contributed by atoms with E-state index in [0.717, 1.165) is 29.8 Å². The fraction of sp³-hybridized carbons (Fsp3) is 0.438. The number of nitrogens with zero attached hydrogens (tertiary/aromatic N) is 1. The van der Waals surface area contributed by atoms with Crippen LogP contribution in [0.25, 0.3) is 0 Å². The Balaban J connectivity index is 1.62. The van der Waals surface area contributed by atoms with Gasteiger partial charge in [-0.1, -0.05) is 37.2 Å². The minimum absolute atomic E-state index is 0.00749. The summed E-state index contributed by atoms with van der Waals surface area (Å²) in [5, 5.41) is 7.53. The number of carbonyl (C=O) groups is 2. The third kappa shape index (κ3) is 3.50. The summed E-state index contributed by atoms with van der Waals surface area (Å²) in [4.78, 5) is 23.1. The summed E-state index contributed by atoms with van der Waals surface area (Å²) in [5.74, 6) is 0.0523. The van der Waals surface area contributed by atoms with Crippen molar-refractivity contribution < 1.29 is 9.59 Å². The molecule has 1 heterocycles. The van der Waals surface area contributed by atoms with Crippen molar-refractivity contribution in [3.63, 3.8) is 0 Å². The SMILES string of the molecule is CC1CC(=O)NN=C1c1ccc(NC(=O)SC2CCC2)cc1. The van der Waals surface area contributed by atoms with Crippen LogP contribution in [0.15, 0.2) is 29.4 Å². The highest BCUT2D eigenvalue weighted by Gasteiger charge is 2.22. The van der Waals surface area contributed by atoms with Gasteiger partial charge in [-0.15, -0.1) is 0 Å². The quantitative estimate of drug-likeness (QED) is 0.898. The zero-order chi connectivity index (χ0) is 15.5. The Labute approximate surface area is 133 Å². The molecule has 1 unspecified atom stereocenters. The maximum Gasteiger partial charge on any atom is 0.283 e. The second-order valence-corrected chi connectivity index (χ2v) is 7.07. The summed E-state index contributed by atoms with van der Waals surface area (Å²) in [5.41, 5.74) is 5.15. The summed E-state index contributed by atoms with van der Waals surface area (Å²) in [6.45, 7) is 1.99. The lowest BCUT2D eigenvalue weighted by molar-refractivity contribution is -0.121. The maximum atomic E-state index is 11.9.